The molecule has 8 nitrogen and oxygen atoms in total. The Hall–Kier alpha value is -1.68. The van der Waals surface area contributed by atoms with Gasteiger partial charge in [-0.2, -0.15) is 0 Å². The molecule has 0 aliphatic carbocycles. The summed E-state index contributed by atoms with van der Waals surface area (Å²) in [6.45, 7) is 3.33. The Kier molecular flexibility index (Phi) is 8.13. The van der Waals surface area contributed by atoms with Crippen molar-refractivity contribution in [3.8, 4) is 0 Å². The summed E-state index contributed by atoms with van der Waals surface area (Å²) < 4.78 is 31.2. The van der Waals surface area contributed by atoms with Gasteiger partial charge in [-0.1, -0.05) is 6.92 Å². The number of hydrogen-bond acceptors (Lipinski definition) is 6. The maximum Gasteiger partial charge on any atom is 0.240 e. The quantitative estimate of drug-likeness (QED) is 0.452. The van der Waals surface area contributed by atoms with E-state index in [4.69, 9.17) is 4.74 Å². The summed E-state index contributed by atoms with van der Waals surface area (Å²) >= 11 is 0. The number of nitrogens with one attached hydrogen (secondary N) is 4. The molecule has 4 N–H and O–H groups in total. The molecular weight excluding hydrogens is 332 g/mol. The Morgan fingerprint density at radius 1 is 1.25 bits per heavy atom. The lowest BCUT2D eigenvalue weighted by Gasteiger charge is -2.17. The van der Waals surface area contributed by atoms with E-state index in [0.717, 1.165) is 0 Å². The van der Waals surface area contributed by atoms with Gasteiger partial charge in [-0.05, 0) is 32.3 Å². The van der Waals surface area contributed by atoms with E-state index < -0.39 is 10.0 Å². The summed E-state index contributed by atoms with van der Waals surface area (Å²) in [5, 5.41) is 8.84. The van der Waals surface area contributed by atoms with E-state index in [1.807, 2.05) is 0 Å². The summed E-state index contributed by atoms with van der Waals surface area (Å²) in [6, 6.07) is 4.54. The Morgan fingerprint density at radius 2 is 1.96 bits per heavy atom. The number of anilines is 2. The van der Waals surface area contributed by atoms with Crippen LogP contribution in [0, 0.1) is 5.92 Å². The van der Waals surface area contributed by atoms with Gasteiger partial charge in [-0.25, -0.2) is 13.1 Å². The number of sulfonamides is 1. The molecule has 1 aromatic carbocycles. The van der Waals surface area contributed by atoms with Crippen LogP contribution in [0.15, 0.2) is 23.1 Å². The molecule has 0 aliphatic rings. The van der Waals surface area contributed by atoms with Crippen molar-refractivity contribution < 1.29 is 17.9 Å². The lowest BCUT2D eigenvalue weighted by atomic mass is 10.1. The molecule has 0 saturated carbocycles. The summed E-state index contributed by atoms with van der Waals surface area (Å²) in [6.07, 6.45) is 0. The molecule has 1 aromatic rings. The van der Waals surface area contributed by atoms with E-state index in [0.29, 0.717) is 31.1 Å². The first-order valence-corrected chi connectivity index (χ1v) is 9.10. The molecule has 136 valence electrons. The number of ether oxygens (including phenoxy) is 1. The molecular formula is C15H26N4O4S. The SMILES string of the molecule is CNCC(C)C(=O)Nc1cc(S(=O)(=O)NC)ccc1NCCOC. The average Bonchev–Trinajstić information content (AvgIpc) is 2.56. The Labute approximate surface area is 143 Å². The zero-order valence-corrected chi connectivity index (χ0v) is 15.3. The largest absolute Gasteiger partial charge is 0.383 e. The maximum atomic E-state index is 12.2. The van der Waals surface area contributed by atoms with Gasteiger partial charge in [0.15, 0.2) is 0 Å². The number of carbonyl (C=O) groups excluding carboxylic acids is 1. The minimum absolute atomic E-state index is 0.0823. The fraction of sp³-hybridized carbons (Fsp3) is 0.533. The Balaban J connectivity index is 3.09. The summed E-state index contributed by atoms with van der Waals surface area (Å²) in [7, 11) is 1.10. The van der Waals surface area contributed by atoms with E-state index in [1.54, 1.807) is 27.1 Å². The van der Waals surface area contributed by atoms with E-state index in [1.165, 1.54) is 19.2 Å². The van der Waals surface area contributed by atoms with Crippen LogP contribution in [0.3, 0.4) is 0 Å². The molecule has 0 fully saturated rings. The zero-order chi connectivity index (χ0) is 18.2. The fourth-order valence-electron chi connectivity index (χ4n) is 2.01. The van der Waals surface area contributed by atoms with Gasteiger partial charge >= 0.3 is 0 Å². The van der Waals surface area contributed by atoms with Gasteiger partial charge in [0.25, 0.3) is 0 Å². The minimum atomic E-state index is -3.59. The molecule has 1 rings (SSSR count). The first-order valence-electron chi connectivity index (χ1n) is 7.61. The Bertz CT molecular complexity index is 649. The number of amides is 1. The smallest absolute Gasteiger partial charge is 0.240 e. The number of methoxy groups -OCH3 is 1. The van der Waals surface area contributed by atoms with Gasteiger partial charge in [0.05, 0.1) is 22.9 Å². The monoisotopic (exact) mass is 358 g/mol. The molecule has 9 heteroatoms. The van der Waals surface area contributed by atoms with Crippen molar-refractivity contribution in [3.05, 3.63) is 18.2 Å². The van der Waals surface area contributed by atoms with Crippen LogP contribution in [0.4, 0.5) is 11.4 Å². The third-order valence-electron chi connectivity index (χ3n) is 3.41. The molecule has 0 radical (unpaired) electrons. The number of hydrogen-bond donors (Lipinski definition) is 4. The third kappa shape index (κ3) is 5.75. The predicted molar refractivity (Wildman–Crippen MR) is 94.8 cm³/mol. The van der Waals surface area contributed by atoms with E-state index in [9.17, 15) is 13.2 Å². The topological polar surface area (TPSA) is 109 Å². The van der Waals surface area contributed by atoms with Crippen molar-refractivity contribution in [2.75, 3.05) is 51.5 Å². The van der Waals surface area contributed by atoms with Gasteiger partial charge in [0.1, 0.15) is 0 Å². The summed E-state index contributed by atoms with van der Waals surface area (Å²) in [5.74, 6) is -0.454. The average molecular weight is 358 g/mol. The van der Waals surface area contributed by atoms with Gasteiger partial charge in [0.2, 0.25) is 15.9 Å². The second-order valence-electron chi connectivity index (χ2n) is 5.28. The number of benzene rings is 1. The van der Waals surface area contributed by atoms with Crippen molar-refractivity contribution in [3.63, 3.8) is 0 Å². The number of carbonyl (C=O) groups is 1. The Morgan fingerprint density at radius 3 is 2.54 bits per heavy atom. The van der Waals surface area contributed by atoms with Crippen LogP contribution >= 0.6 is 0 Å². The van der Waals surface area contributed by atoms with Gasteiger partial charge < -0.3 is 20.7 Å². The van der Waals surface area contributed by atoms with Crippen molar-refractivity contribution in [1.29, 1.82) is 0 Å². The molecule has 24 heavy (non-hydrogen) atoms. The van der Waals surface area contributed by atoms with Crippen LogP contribution in [0.25, 0.3) is 0 Å². The lowest BCUT2D eigenvalue weighted by Crippen LogP contribution is -2.29. The van der Waals surface area contributed by atoms with Crippen LogP contribution < -0.4 is 20.7 Å². The van der Waals surface area contributed by atoms with Crippen LogP contribution in [0.2, 0.25) is 0 Å². The van der Waals surface area contributed by atoms with Crippen molar-refractivity contribution >= 4 is 27.3 Å². The molecule has 1 atom stereocenters. The summed E-state index contributed by atoms with van der Waals surface area (Å²) in [4.78, 5) is 12.3. The molecule has 0 bridgehead atoms. The maximum absolute atomic E-state index is 12.2. The van der Waals surface area contributed by atoms with Crippen LogP contribution in [-0.2, 0) is 19.6 Å². The molecule has 1 amide bonds. The second kappa shape index (κ2) is 9.58. The minimum Gasteiger partial charge on any atom is -0.383 e. The van der Waals surface area contributed by atoms with Crippen molar-refractivity contribution in [2.45, 2.75) is 11.8 Å². The zero-order valence-electron chi connectivity index (χ0n) is 14.5. The highest BCUT2D eigenvalue weighted by Gasteiger charge is 2.17. The molecule has 0 heterocycles. The highest BCUT2D eigenvalue weighted by Crippen LogP contribution is 2.26. The van der Waals surface area contributed by atoms with Crippen molar-refractivity contribution in [1.82, 2.24) is 10.0 Å². The molecule has 1 unspecified atom stereocenters. The molecule has 0 aliphatic heterocycles. The van der Waals surface area contributed by atoms with Crippen LogP contribution in [0.1, 0.15) is 6.92 Å². The standard InChI is InChI=1S/C15H26N4O4S/c1-11(10-16-2)15(20)19-14-9-12(24(21,22)17-3)5-6-13(14)18-7-8-23-4/h5-6,9,11,16-18H,7-8,10H2,1-4H3,(H,19,20). The van der Waals surface area contributed by atoms with Gasteiger partial charge in [-0.3, -0.25) is 4.79 Å². The third-order valence-corrected chi connectivity index (χ3v) is 4.82. The van der Waals surface area contributed by atoms with Crippen LogP contribution in [-0.4, -0.2) is 55.2 Å². The second-order valence-corrected chi connectivity index (χ2v) is 7.17. The van der Waals surface area contributed by atoms with Gasteiger partial charge in [0, 0.05) is 26.1 Å². The van der Waals surface area contributed by atoms with E-state index in [-0.39, 0.29) is 16.7 Å². The highest BCUT2D eigenvalue weighted by atomic mass is 32.2. The highest BCUT2D eigenvalue weighted by molar-refractivity contribution is 7.89. The van der Waals surface area contributed by atoms with E-state index in [2.05, 4.69) is 20.7 Å². The molecule has 0 aromatic heterocycles. The molecule has 0 saturated heterocycles. The first kappa shape index (κ1) is 20.4. The first-order chi connectivity index (χ1) is 11.4. The van der Waals surface area contributed by atoms with Crippen molar-refractivity contribution in [2.24, 2.45) is 5.92 Å². The van der Waals surface area contributed by atoms with Crippen LogP contribution in [0.5, 0.6) is 0 Å². The predicted octanol–water partition coefficient (Wildman–Crippen LogP) is 0.447. The molecule has 0 spiro atoms. The fourth-order valence-corrected chi connectivity index (χ4v) is 2.76. The number of rotatable bonds is 10. The lowest BCUT2D eigenvalue weighted by molar-refractivity contribution is -0.119. The summed E-state index contributed by atoms with van der Waals surface area (Å²) in [5.41, 5.74) is 1.04. The van der Waals surface area contributed by atoms with Gasteiger partial charge in [-0.15, -0.1) is 0 Å². The van der Waals surface area contributed by atoms with E-state index >= 15 is 0 Å². The normalized spacial score (nSPS) is 12.7.